The van der Waals surface area contributed by atoms with E-state index in [0.717, 1.165) is 17.7 Å². The van der Waals surface area contributed by atoms with E-state index in [2.05, 4.69) is 9.71 Å². The molecule has 0 amide bonds. The second kappa shape index (κ2) is 7.79. The maximum absolute atomic E-state index is 12.6. The Morgan fingerprint density at radius 3 is 2.26 bits per heavy atom. The van der Waals surface area contributed by atoms with E-state index in [1.165, 1.54) is 12.1 Å². The molecule has 0 unspecified atom stereocenters. The van der Waals surface area contributed by atoms with Crippen molar-refractivity contribution >= 4 is 33.6 Å². The Labute approximate surface area is 156 Å². The predicted octanol–water partition coefficient (Wildman–Crippen LogP) is 3.96. The maximum Gasteiger partial charge on any atom is 0.269 e. The van der Waals surface area contributed by atoms with E-state index in [9.17, 15) is 18.5 Å². The summed E-state index contributed by atoms with van der Waals surface area (Å²) in [5.74, 6) is 0. The number of benzene rings is 2. The molecule has 0 atom stereocenters. The summed E-state index contributed by atoms with van der Waals surface area (Å²) in [6.07, 6.45) is 6.98. The number of anilines is 1. The van der Waals surface area contributed by atoms with Gasteiger partial charge in [-0.3, -0.25) is 19.8 Å². The number of nitrogens with zero attached hydrogens (tertiary/aromatic N) is 2. The molecule has 0 fully saturated rings. The van der Waals surface area contributed by atoms with Crippen molar-refractivity contribution in [1.82, 2.24) is 4.98 Å². The van der Waals surface area contributed by atoms with E-state index in [4.69, 9.17) is 0 Å². The summed E-state index contributed by atoms with van der Waals surface area (Å²) >= 11 is 0. The largest absolute Gasteiger partial charge is 0.279 e. The Hall–Kier alpha value is -3.52. The summed E-state index contributed by atoms with van der Waals surface area (Å²) in [5.41, 5.74) is 1.84. The highest BCUT2D eigenvalue weighted by Gasteiger charge is 2.17. The molecular weight excluding hydrogens is 366 g/mol. The fourth-order valence-corrected chi connectivity index (χ4v) is 3.43. The molecule has 0 bridgehead atoms. The van der Waals surface area contributed by atoms with Crippen LogP contribution in [0.1, 0.15) is 11.1 Å². The zero-order valence-corrected chi connectivity index (χ0v) is 14.8. The van der Waals surface area contributed by atoms with Gasteiger partial charge in [-0.05, 0) is 41.5 Å². The second-order valence-corrected chi connectivity index (χ2v) is 7.24. The topological polar surface area (TPSA) is 102 Å². The quantitative estimate of drug-likeness (QED) is 0.514. The lowest BCUT2D eigenvalue weighted by Gasteiger charge is -2.10. The zero-order valence-electron chi connectivity index (χ0n) is 14.0. The van der Waals surface area contributed by atoms with Crippen LogP contribution < -0.4 is 4.72 Å². The van der Waals surface area contributed by atoms with Crippen molar-refractivity contribution in [2.45, 2.75) is 4.90 Å². The predicted molar refractivity (Wildman–Crippen MR) is 104 cm³/mol. The first kappa shape index (κ1) is 18.3. The molecule has 7 nitrogen and oxygen atoms in total. The third-order valence-corrected chi connectivity index (χ3v) is 5.11. The number of nitrogens with one attached hydrogen (secondary N) is 1. The fraction of sp³-hybridized carbons (Fsp3) is 0. The molecule has 3 aromatic rings. The zero-order chi connectivity index (χ0) is 19.3. The van der Waals surface area contributed by atoms with Crippen molar-refractivity contribution in [3.8, 4) is 0 Å². The van der Waals surface area contributed by atoms with E-state index in [-0.39, 0.29) is 10.6 Å². The molecule has 0 aliphatic heterocycles. The van der Waals surface area contributed by atoms with E-state index < -0.39 is 14.9 Å². The molecule has 136 valence electrons. The summed E-state index contributed by atoms with van der Waals surface area (Å²) in [4.78, 5) is 14.0. The average Bonchev–Trinajstić information content (AvgIpc) is 2.68. The molecular formula is C19H15N3O4S. The SMILES string of the molecule is O=[N+]([O-])c1ccc(S(=O)(=O)Nc2ccccc2/C=C/c2ccncc2)cc1. The molecule has 0 aliphatic carbocycles. The van der Waals surface area contributed by atoms with Crippen LogP contribution in [-0.2, 0) is 10.0 Å². The van der Waals surface area contributed by atoms with E-state index in [1.54, 1.807) is 42.7 Å². The second-order valence-electron chi connectivity index (χ2n) is 5.56. The minimum Gasteiger partial charge on any atom is -0.279 e. The standard InChI is InChI=1S/C19H15N3O4S/c23-22(24)17-7-9-18(10-8-17)27(25,26)21-19-4-2-1-3-16(19)6-5-15-11-13-20-14-12-15/h1-14,21H/b6-5+. The van der Waals surface area contributed by atoms with Crippen LogP contribution in [0.5, 0.6) is 0 Å². The van der Waals surface area contributed by atoms with E-state index >= 15 is 0 Å². The Morgan fingerprint density at radius 1 is 0.926 bits per heavy atom. The van der Waals surface area contributed by atoms with Crippen molar-refractivity contribution < 1.29 is 13.3 Å². The highest BCUT2D eigenvalue weighted by Crippen LogP contribution is 2.23. The Bertz CT molecular complexity index is 1080. The number of pyridine rings is 1. The molecule has 1 aromatic heterocycles. The van der Waals surface area contributed by atoms with Gasteiger partial charge in [-0.15, -0.1) is 0 Å². The van der Waals surface area contributed by atoms with Crippen LogP contribution in [0.4, 0.5) is 11.4 Å². The summed E-state index contributed by atoms with van der Waals surface area (Å²) in [5, 5.41) is 10.7. The molecule has 0 radical (unpaired) electrons. The fourth-order valence-electron chi connectivity index (χ4n) is 2.35. The molecule has 8 heteroatoms. The lowest BCUT2D eigenvalue weighted by atomic mass is 10.1. The average molecular weight is 381 g/mol. The van der Waals surface area contributed by atoms with Crippen LogP contribution in [-0.4, -0.2) is 18.3 Å². The van der Waals surface area contributed by atoms with Gasteiger partial charge in [0.25, 0.3) is 15.7 Å². The van der Waals surface area contributed by atoms with E-state index in [1.807, 2.05) is 18.2 Å². The number of nitro groups is 1. The lowest BCUT2D eigenvalue weighted by Crippen LogP contribution is -2.13. The first-order chi connectivity index (χ1) is 13.0. The molecule has 27 heavy (non-hydrogen) atoms. The van der Waals surface area contributed by atoms with Crippen molar-refractivity contribution in [3.63, 3.8) is 0 Å². The van der Waals surface area contributed by atoms with Crippen molar-refractivity contribution in [3.05, 3.63) is 94.3 Å². The summed E-state index contributed by atoms with van der Waals surface area (Å²) in [6, 6.07) is 15.3. The number of hydrogen-bond acceptors (Lipinski definition) is 5. The third-order valence-electron chi connectivity index (χ3n) is 3.72. The Balaban J connectivity index is 1.86. The Kier molecular flexibility index (Phi) is 5.28. The highest BCUT2D eigenvalue weighted by molar-refractivity contribution is 7.92. The van der Waals surface area contributed by atoms with Gasteiger partial charge >= 0.3 is 0 Å². The van der Waals surface area contributed by atoms with Gasteiger partial charge in [0, 0.05) is 24.5 Å². The minimum atomic E-state index is -3.88. The van der Waals surface area contributed by atoms with Gasteiger partial charge in [-0.2, -0.15) is 0 Å². The van der Waals surface area contributed by atoms with Gasteiger partial charge in [0.2, 0.25) is 0 Å². The highest BCUT2D eigenvalue weighted by atomic mass is 32.2. The monoisotopic (exact) mass is 381 g/mol. The van der Waals surface area contributed by atoms with Gasteiger partial charge in [-0.25, -0.2) is 8.42 Å². The van der Waals surface area contributed by atoms with Crippen LogP contribution in [0.15, 0.2) is 78.0 Å². The van der Waals surface area contributed by atoms with Crippen LogP contribution in [0.3, 0.4) is 0 Å². The van der Waals surface area contributed by atoms with Gasteiger partial charge < -0.3 is 0 Å². The van der Waals surface area contributed by atoms with Crippen molar-refractivity contribution in [2.75, 3.05) is 4.72 Å². The first-order valence-electron chi connectivity index (χ1n) is 7.90. The number of para-hydroxylation sites is 1. The number of sulfonamides is 1. The molecule has 0 spiro atoms. The minimum absolute atomic E-state index is 0.0546. The maximum atomic E-state index is 12.6. The molecule has 2 aromatic carbocycles. The molecule has 0 saturated heterocycles. The number of non-ortho nitro benzene ring substituents is 1. The molecule has 1 N–H and O–H groups in total. The van der Waals surface area contributed by atoms with E-state index in [0.29, 0.717) is 11.3 Å². The number of aromatic nitrogens is 1. The third kappa shape index (κ3) is 4.56. The van der Waals surface area contributed by atoms with Crippen molar-refractivity contribution in [2.24, 2.45) is 0 Å². The van der Waals surface area contributed by atoms with Gasteiger partial charge in [0.15, 0.2) is 0 Å². The van der Waals surface area contributed by atoms with Crippen LogP contribution in [0.2, 0.25) is 0 Å². The normalized spacial score (nSPS) is 11.4. The molecule has 0 saturated carbocycles. The molecule has 1 heterocycles. The smallest absolute Gasteiger partial charge is 0.269 e. The van der Waals surface area contributed by atoms with Crippen LogP contribution in [0.25, 0.3) is 12.2 Å². The van der Waals surface area contributed by atoms with Crippen molar-refractivity contribution in [1.29, 1.82) is 0 Å². The number of nitro benzene ring substituents is 1. The van der Waals surface area contributed by atoms with Gasteiger partial charge in [0.05, 0.1) is 15.5 Å². The summed E-state index contributed by atoms with van der Waals surface area (Å²) in [6.45, 7) is 0. The number of hydrogen-bond donors (Lipinski definition) is 1. The van der Waals surface area contributed by atoms with Gasteiger partial charge in [-0.1, -0.05) is 30.4 Å². The molecule has 0 aliphatic rings. The molecule has 3 rings (SSSR count). The Morgan fingerprint density at radius 2 is 1.59 bits per heavy atom. The summed E-state index contributed by atoms with van der Waals surface area (Å²) < 4.78 is 27.7. The number of rotatable bonds is 6. The summed E-state index contributed by atoms with van der Waals surface area (Å²) in [7, 11) is -3.88. The van der Waals surface area contributed by atoms with Gasteiger partial charge in [0.1, 0.15) is 0 Å². The van der Waals surface area contributed by atoms with Crippen LogP contribution >= 0.6 is 0 Å². The first-order valence-corrected chi connectivity index (χ1v) is 9.38. The lowest BCUT2D eigenvalue weighted by molar-refractivity contribution is -0.384. The van der Waals surface area contributed by atoms with Crippen LogP contribution in [0, 0.1) is 10.1 Å².